The van der Waals surface area contributed by atoms with Gasteiger partial charge in [0, 0.05) is 11.6 Å². The van der Waals surface area contributed by atoms with Gasteiger partial charge in [0.1, 0.15) is 0 Å². The lowest BCUT2D eigenvalue weighted by atomic mass is 10.1. The zero-order valence-electron chi connectivity index (χ0n) is 11.2. The molecule has 0 bridgehead atoms. The summed E-state index contributed by atoms with van der Waals surface area (Å²) in [5.74, 6) is -0.107. The Balaban J connectivity index is 1.88. The van der Waals surface area contributed by atoms with Crippen LogP contribution in [0.4, 0.5) is 0 Å². The lowest BCUT2D eigenvalue weighted by Gasteiger charge is -2.00. The average molecular weight is 295 g/mol. The second-order valence-corrected chi connectivity index (χ2v) is 5.72. The van der Waals surface area contributed by atoms with Crippen LogP contribution in [0.1, 0.15) is 20.8 Å². The number of hydrogen-bond donors (Lipinski definition) is 0. The molecule has 0 aliphatic rings. The SMILES string of the molecule is O=C(c1ccccc1)c1cc(=O)n(Cc2ccccc2)s1. The van der Waals surface area contributed by atoms with Gasteiger partial charge in [-0.15, -0.1) is 0 Å². The summed E-state index contributed by atoms with van der Waals surface area (Å²) in [6, 6.07) is 20.2. The molecule has 0 N–H and O–H groups in total. The summed E-state index contributed by atoms with van der Waals surface area (Å²) >= 11 is 1.21. The molecular formula is C17H13NO2S. The van der Waals surface area contributed by atoms with Crippen LogP contribution >= 0.6 is 11.5 Å². The fourth-order valence-corrected chi connectivity index (χ4v) is 3.02. The molecule has 0 unspecified atom stereocenters. The molecule has 3 rings (SSSR count). The van der Waals surface area contributed by atoms with Crippen molar-refractivity contribution in [2.24, 2.45) is 0 Å². The average Bonchev–Trinajstić information content (AvgIpc) is 2.89. The maximum atomic E-state index is 12.3. The number of benzene rings is 2. The topological polar surface area (TPSA) is 39.1 Å². The summed E-state index contributed by atoms with van der Waals surface area (Å²) in [6.07, 6.45) is 0. The van der Waals surface area contributed by atoms with Gasteiger partial charge in [-0.2, -0.15) is 0 Å². The van der Waals surface area contributed by atoms with Crippen LogP contribution in [0.25, 0.3) is 0 Å². The van der Waals surface area contributed by atoms with Crippen molar-refractivity contribution in [1.82, 2.24) is 3.96 Å². The summed E-state index contributed by atoms with van der Waals surface area (Å²) in [5, 5.41) is 0. The van der Waals surface area contributed by atoms with E-state index in [2.05, 4.69) is 0 Å². The van der Waals surface area contributed by atoms with E-state index in [1.165, 1.54) is 17.6 Å². The predicted molar refractivity (Wildman–Crippen MR) is 84.0 cm³/mol. The molecule has 0 atom stereocenters. The molecule has 0 amide bonds. The van der Waals surface area contributed by atoms with E-state index in [1.54, 1.807) is 16.1 Å². The Hall–Kier alpha value is -2.46. The Bertz CT molecular complexity index is 804. The molecule has 3 nitrogen and oxygen atoms in total. The normalized spacial score (nSPS) is 10.5. The second-order valence-electron chi connectivity index (χ2n) is 4.66. The quantitative estimate of drug-likeness (QED) is 0.693. The smallest absolute Gasteiger partial charge is 0.261 e. The Morgan fingerprint density at radius 1 is 0.952 bits per heavy atom. The summed E-state index contributed by atoms with van der Waals surface area (Å²) in [6.45, 7) is 0.492. The number of hydrogen-bond acceptors (Lipinski definition) is 3. The van der Waals surface area contributed by atoms with Gasteiger partial charge in [-0.05, 0) is 5.56 Å². The van der Waals surface area contributed by atoms with Crippen LogP contribution in [-0.2, 0) is 6.54 Å². The maximum absolute atomic E-state index is 12.3. The van der Waals surface area contributed by atoms with Gasteiger partial charge in [0.2, 0.25) is 5.78 Å². The first-order chi connectivity index (χ1) is 10.2. The van der Waals surface area contributed by atoms with E-state index >= 15 is 0 Å². The molecule has 2 aromatic carbocycles. The Morgan fingerprint density at radius 2 is 1.57 bits per heavy atom. The number of rotatable bonds is 4. The largest absolute Gasteiger partial charge is 0.288 e. The van der Waals surface area contributed by atoms with Crippen LogP contribution in [0.15, 0.2) is 71.5 Å². The highest BCUT2D eigenvalue weighted by atomic mass is 32.1. The molecule has 1 heterocycles. The first-order valence-corrected chi connectivity index (χ1v) is 7.36. The monoisotopic (exact) mass is 295 g/mol. The minimum absolute atomic E-state index is 0.107. The van der Waals surface area contributed by atoms with Crippen LogP contribution in [0.5, 0.6) is 0 Å². The minimum Gasteiger partial charge on any atom is -0.288 e. The van der Waals surface area contributed by atoms with Crippen molar-refractivity contribution in [2.75, 3.05) is 0 Å². The molecule has 0 spiro atoms. The predicted octanol–water partition coefficient (Wildman–Crippen LogP) is 3.19. The van der Waals surface area contributed by atoms with Gasteiger partial charge in [-0.25, -0.2) is 0 Å². The van der Waals surface area contributed by atoms with Crippen molar-refractivity contribution in [3.63, 3.8) is 0 Å². The van der Waals surface area contributed by atoms with Gasteiger partial charge in [0.05, 0.1) is 11.4 Å². The lowest BCUT2D eigenvalue weighted by molar-refractivity contribution is 0.104. The highest BCUT2D eigenvalue weighted by Gasteiger charge is 2.14. The summed E-state index contributed by atoms with van der Waals surface area (Å²) in [7, 11) is 0. The van der Waals surface area contributed by atoms with Gasteiger partial charge in [0.25, 0.3) is 5.56 Å². The number of carbonyl (C=O) groups excluding carboxylic acids is 1. The minimum atomic E-state index is -0.136. The van der Waals surface area contributed by atoms with Crippen molar-refractivity contribution >= 4 is 17.3 Å². The second kappa shape index (κ2) is 5.89. The van der Waals surface area contributed by atoms with Crippen molar-refractivity contribution in [1.29, 1.82) is 0 Å². The first-order valence-electron chi connectivity index (χ1n) is 6.59. The molecule has 0 fully saturated rings. The number of aromatic nitrogens is 1. The molecule has 1 aromatic heterocycles. The number of nitrogens with zero attached hydrogens (tertiary/aromatic N) is 1. The summed E-state index contributed by atoms with van der Waals surface area (Å²) in [4.78, 5) is 24.8. The van der Waals surface area contributed by atoms with E-state index in [0.29, 0.717) is 17.0 Å². The van der Waals surface area contributed by atoms with E-state index in [9.17, 15) is 9.59 Å². The Labute approximate surface area is 126 Å². The molecule has 0 radical (unpaired) electrons. The molecule has 0 aliphatic carbocycles. The molecule has 21 heavy (non-hydrogen) atoms. The van der Waals surface area contributed by atoms with Crippen LogP contribution in [0.3, 0.4) is 0 Å². The number of ketones is 1. The Morgan fingerprint density at radius 3 is 2.24 bits per heavy atom. The lowest BCUT2D eigenvalue weighted by Crippen LogP contribution is -2.12. The van der Waals surface area contributed by atoms with Crippen LogP contribution in [-0.4, -0.2) is 9.74 Å². The standard InChI is InChI=1S/C17H13NO2S/c19-16-11-15(17(20)14-9-5-2-6-10-14)21-18(16)12-13-7-3-1-4-8-13/h1-11H,12H2. The third-order valence-electron chi connectivity index (χ3n) is 3.14. The molecular weight excluding hydrogens is 282 g/mol. The maximum Gasteiger partial charge on any atom is 0.261 e. The van der Waals surface area contributed by atoms with Gasteiger partial charge >= 0.3 is 0 Å². The van der Waals surface area contributed by atoms with E-state index in [1.807, 2.05) is 48.5 Å². The third kappa shape index (κ3) is 3.01. The molecule has 0 aliphatic heterocycles. The highest BCUT2D eigenvalue weighted by molar-refractivity contribution is 7.08. The molecule has 0 saturated heterocycles. The van der Waals surface area contributed by atoms with Crippen molar-refractivity contribution in [2.45, 2.75) is 6.54 Å². The number of carbonyl (C=O) groups is 1. The van der Waals surface area contributed by atoms with Crippen LogP contribution < -0.4 is 5.56 Å². The van der Waals surface area contributed by atoms with Gasteiger partial charge in [-0.1, -0.05) is 72.2 Å². The van der Waals surface area contributed by atoms with E-state index in [0.717, 1.165) is 5.56 Å². The first kappa shape index (κ1) is 13.5. The molecule has 3 aromatic rings. The van der Waals surface area contributed by atoms with Gasteiger partial charge in [-0.3, -0.25) is 13.5 Å². The van der Waals surface area contributed by atoms with Gasteiger partial charge in [0.15, 0.2) is 0 Å². The highest BCUT2D eigenvalue weighted by Crippen LogP contribution is 2.14. The zero-order valence-corrected chi connectivity index (χ0v) is 12.0. The third-order valence-corrected chi connectivity index (χ3v) is 4.17. The van der Waals surface area contributed by atoms with Crippen molar-refractivity contribution < 1.29 is 4.79 Å². The van der Waals surface area contributed by atoms with Crippen LogP contribution in [0, 0.1) is 0 Å². The summed E-state index contributed by atoms with van der Waals surface area (Å²) in [5.41, 5.74) is 1.51. The molecule has 4 heteroatoms. The van der Waals surface area contributed by atoms with E-state index < -0.39 is 0 Å². The van der Waals surface area contributed by atoms with E-state index in [-0.39, 0.29) is 11.3 Å². The van der Waals surface area contributed by atoms with E-state index in [4.69, 9.17) is 0 Å². The summed E-state index contributed by atoms with van der Waals surface area (Å²) < 4.78 is 1.60. The molecule has 0 saturated carbocycles. The van der Waals surface area contributed by atoms with Crippen molar-refractivity contribution in [3.05, 3.63) is 93.1 Å². The fraction of sp³-hybridized carbons (Fsp3) is 0.0588. The fourth-order valence-electron chi connectivity index (χ4n) is 2.07. The van der Waals surface area contributed by atoms with Gasteiger partial charge < -0.3 is 0 Å². The van der Waals surface area contributed by atoms with Crippen LogP contribution in [0.2, 0.25) is 0 Å². The Kier molecular flexibility index (Phi) is 3.79. The van der Waals surface area contributed by atoms with Crippen molar-refractivity contribution in [3.8, 4) is 0 Å². The zero-order chi connectivity index (χ0) is 14.7. The molecule has 104 valence electrons.